The van der Waals surface area contributed by atoms with Gasteiger partial charge in [0.1, 0.15) is 6.07 Å². The molecule has 0 fully saturated rings. The van der Waals surface area contributed by atoms with Gasteiger partial charge >= 0.3 is 0 Å². The van der Waals surface area contributed by atoms with Crippen LogP contribution in [0.25, 0.3) is 5.69 Å². The molecule has 1 aromatic carbocycles. The molecule has 0 spiro atoms. The topological polar surface area (TPSA) is 54.5 Å². The number of aromatic nitrogens is 3. The smallest absolute Gasteiger partial charge is 0.186 e. The van der Waals surface area contributed by atoms with Gasteiger partial charge in [-0.2, -0.15) is 5.26 Å². The maximum absolute atomic E-state index is 9.13. The molecule has 0 amide bonds. The molecule has 0 unspecified atom stereocenters. The van der Waals surface area contributed by atoms with Crippen molar-refractivity contribution in [1.82, 2.24) is 15.0 Å². The lowest BCUT2D eigenvalue weighted by molar-refractivity contribution is 0.541. The van der Waals surface area contributed by atoms with E-state index in [9.17, 15) is 0 Å². The first-order chi connectivity index (χ1) is 8.84. The first-order valence-corrected chi connectivity index (χ1v) is 6.42. The van der Waals surface area contributed by atoms with Gasteiger partial charge in [0.2, 0.25) is 0 Å². The molecular weight excluding hydrogens is 283 g/mol. The fourth-order valence-corrected chi connectivity index (χ4v) is 2.12. The van der Waals surface area contributed by atoms with E-state index in [0.717, 1.165) is 11.4 Å². The van der Waals surface area contributed by atoms with E-state index in [2.05, 4.69) is 16.4 Å². The van der Waals surface area contributed by atoms with E-state index < -0.39 is 0 Å². The van der Waals surface area contributed by atoms with Gasteiger partial charge in [0.05, 0.1) is 21.4 Å². The Morgan fingerprint density at radius 1 is 1.21 bits per heavy atom. The van der Waals surface area contributed by atoms with Crippen LogP contribution < -0.4 is 0 Å². The van der Waals surface area contributed by atoms with E-state index >= 15 is 0 Å². The van der Waals surface area contributed by atoms with E-state index in [1.807, 2.05) is 20.8 Å². The molecule has 0 aliphatic carbocycles. The Morgan fingerprint density at radius 2 is 1.89 bits per heavy atom. The van der Waals surface area contributed by atoms with Crippen molar-refractivity contribution < 1.29 is 0 Å². The van der Waals surface area contributed by atoms with Crippen molar-refractivity contribution >= 4 is 23.2 Å². The molecule has 98 valence electrons. The van der Waals surface area contributed by atoms with Gasteiger partial charge in [0.25, 0.3) is 0 Å². The summed E-state index contributed by atoms with van der Waals surface area (Å²) in [6.45, 7) is 6.00. The van der Waals surface area contributed by atoms with Crippen LogP contribution in [0.4, 0.5) is 0 Å². The zero-order valence-electron chi connectivity index (χ0n) is 10.8. The molecule has 0 N–H and O–H groups in total. The van der Waals surface area contributed by atoms with Crippen molar-refractivity contribution in [3.05, 3.63) is 39.6 Å². The Balaban J connectivity index is 2.67. The Bertz CT molecular complexity index is 662. The van der Waals surface area contributed by atoms with Gasteiger partial charge < -0.3 is 0 Å². The van der Waals surface area contributed by atoms with Crippen LogP contribution in [0.5, 0.6) is 0 Å². The van der Waals surface area contributed by atoms with Gasteiger partial charge in [0, 0.05) is 5.41 Å². The Morgan fingerprint density at radius 3 is 2.42 bits per heavy atom. The van der Waals surface area contributed by atoms with E-state index in [1.165, 1.54) is 0 Å². The molecule has 1 heterocycles. The summed E-state index contributed by atoms with van der Waals surface area (Å²) < 4.78 is 1.63. The average molecular weight is 295 g/mol. The molecule has 0 saturated heterocycles. The SMILES string of the molecule is CC(C)(C)c1c(C#N)nnn1-c1ccc(Cl)c(Cl)c1. The number of hydrogen-bond donors (Lipinski definition) is 0. The van der Waals surface area contributed by atoms with Crippen LogP contribution in [0.2, 0.25) is 10.0 Å². The highest BCUT2D eigenvalue weighted by atomic mass is 35.5. The Labute approximate surface area is 121 Å². The van der Waals surface area contributed by atoms with Crippen LogP contribution in [0, 0.1) is 11.3 Å². The Kier molecular flexibility index (Phi) is 3.53. The lowest BCUT2D eigenvalue weighted by Crippen LogP contribution is -2.19. The standard InChI is InChI=1S/C13H12Cl2N4/c1-13(2,3)12-11(7-16)17-18-19(12)8-4-5-9(14)10(15)6-8/h4-6H,1-3H3. The molecule has 6 heteroatoms. The van der Waals surface area contributed by atoms with Crippen LogP contribution >= 0.6 is 23.2 Å². The predicted octanol–water partition coefficient (Wildman–Crippen LogP) is 3.74. The number of hydrogen-bond acceptors (Lipinski definition) is 3. The lowest BCUT2D eigenvalue weighted by Gasteiger charge is -2.19. The molecule has 4 nitrogen and oxygen atoms in total. The molecule has 0 saturated carbocycles. The van der Waals surface area contributed by atoms with Gasteiger partial charge in [-0.05, 0) is 18.2 Å². The molecule has 2 rings (SSSR count). The third-order valence-electron chi connectivity index (χ3n) is 2.63. The molecule has 19 heavy (non-hydrogen) atoms. The van der Waals surface area contributed by atoms with Crippen LogP contribution in [0.1, 0.15) is 32.2 Å². The summed E-state index contributed by atoms with van der Waals surface area (Å²) in [5, 5.41) is 18.0. The van der Waals surface area contributed by atoms with Crippen LogP contribution in [-0.4, -0.2) is 15.0 Å². The van der Waals surface area contributed by atoms with Gasteiger partial charge in [-0.3, -0.25) is 0 Å². The minimum Gasteiger partial charge on any atom is -0.216 e. The molecule has 0 atom stereocenters. The summed E-state index contributed by atoms with van der Waals surface area (Å²) in [6.07, 6.45) is 0. The van der Waals surface area contributed by atoms with Crippen LogP contribution in [-0.2, 0) is 5.41 Å². The Hall–Kier alpha value is -1.57. The van der Waals surface area contributed by atoms with Crippen LogP contribution in [0.15, 0.2) is 18.2 Å². The number of halogens is 2. The summed E-state index contributed by atoms with van der Waals surface area (Å²) in [5.41, 5.74) is 1.53. The van der Waals surface area contributed by atoms with Crippen molar-refractivity contribution in [2.24, 2.45) is 0 Å². The monoisotopic (exact) mass is 294 g/mol. The highest BCUT2D eigenvalue weighted by Gasteiger charge is 2.26. The zero-order valence-corrected chi connectivity index (χ0v) is 12.3. The van der Waals surface area contributed by atoms with Crippen molar-refractivity contribution in [3.63, 3.8) is 0 Å². The fraction of sp³-hybridized carbons (Fsp3) is 0.308. The van der Waals surface area contributed by atoms with E-state index in [1.54, 1.807) is 22.9 Å². The van der Waals surface area contributed by atoms with Crippen molar-refractivity contribution in [3.8, 4) is 11.8 Å². The van der Waals surface area contributed by atoms with Crippen molar-refractivity contribution in [1.29, 1.82) is 5.26 Å². The largest absolute Gasteiger partial charge is 0.216 e. The minimum absolute atomic E-state index is 0.263. The first-order valence-electron chi connectivity index (χ1n) is 5.66. The molecule has 1 aromatic heterocycles. The highest BCUT2D eigenvalue weighted by Crippen LogP contribution is 2.29. The van der Waals surface area contributed by atoms with Gasteiger partial charge in [0.15, 0.2) is 5.69 Å². The number of benzene rings is 1. The molecule has 0 bridgehead atoms. The fourth-order valence-electron chi connectivity index (χ4n) is 1.83. The molecular formula is C13H12Cl2N4. The number of nitriles is 1. The summed E-state index contributed by atoms with van der Waals surface area (Å²) in [4.78, 5) is 0. The normalized spacial score (nSPS) is 11.4. The van der Waals surface area contributed by atoms with Gasteiger partial charge in [-0.25, -0.2) is 4.68 Å². The average Bonchev–Trinajstić information content (AvgIpc) is 2.76. The lowest BCUT2D eigenvalue weighted by atomic mass is 9.90. The maximum atomic E-state index is 9.13. The summed E-state index contributed by atoms with van der Waals surface area (Å²) in [6, 6.07) is 7.25. The van der Waals surface area contributed by atoms with E-state index in [0.29, 0.717) is 15.7 Å². The van der Waals surface area contributed by atoms with E-state index in [-0.39, 0.29) is 5.41 Å². The molecule has 2 aromatic rings. The zero-order chi connectivity index (χ0) is 14.2. The van der Waals surface area contributed by atoms with Crippen molar-refractivity contribution in [2.75, 3.05) is 0 Å². The summed E-state index contributed by atoms with van der Waals surface area (Å²) in [7, 11) is 0. The summed E-state index contributed by atoms with van der Waals surface area (Å²) in [5.74, 6) is 0. The third-order valence-corrected chi connectivity index (χ3v) is 3.37. The van der Waals surface area contributed by atoms with Crippen LogP contribution in [0.3, 0.4) is 0 Å². The molecule has 0 aliphatic heterocycles. The summed E-state index contributed by atoms with van der Waals surface area (Å²) >= 11 is 11.9. The first kappa shape index (κ1) is 13.9. The van der Waals surface area contributed by atoms with Gasteiger partial charge in [-0.1, -0.05) is 49.2 Å². The number of nitrogens with zero attached hydrogens (tertiary/aromatic N) is 4. The quantitative estimate of drug-likeness (QED) is 0.805. The molecule has 0 aliphatic rings. The van der Waals surface area contributed by atoms with Crippen molar-refractivity contribution in [2.45, 2.75) is 26.2 Å². The number of rotatable bonds is 1. The molecule has 0 radical (unpaired) electrons. The highest BCUT2D eigenvalue weighted by molar-refractivity contribution is 6.42. The predicted molar refractivity (Wildman–Crippen MR) is 74.8 cm³/mol. The second kappa shape index (κ2) is 4.84. The third kappa shape index (κ3) is 2.58. The van der Waals surface area contributed by atoms with Gasteiger partial charge in [-0.15, -0.1) is 5.10 Å². The second-order valence-corrected chi connectivity index (χ2v) is 5.97. The second-order valence-electron chi connectivity index (χ2n) is 5.16. The minimum atomic E-state index is -0.263. The maximum Gasteiger partial charge on any atom is 0.186 e. The van der Waals surface area contributed by atoms with E-state index in [4.69, 9.17) is 28.5 Å².